The van der Waals surface area contributed by atoms with E-state index in [-0.39, 0.29) is 11.2 Å². The van der Waals surface area contributed by atoms with Crippen molar-refractivity contribution < 1.29 is 13.2 Å². The van der Waals surface area contributed by atoms with Gasteiger partial charge in [0.15, 0.2) is 0 Å². The van der Waals surface area contributed by atoms with Gasteiger partial charge in [-0.1, -0.05) is 13.8 Å². The van der Waals surface area contributed by atoms with E-state index in [1.807, 2.05) is 13.8 Å². The molecule has 114 valence electrons. The summed E-state index contributed by atoms with van der Waals surface area (Å²) in [6.07, 6.45) is -3.06. The molecule has 0 atom stereocenters. The number of aromatic nitrogens is 1. The Labute approximate surface area is 125 Å². The molecule has 0 aliphatic carbocycles. The van der Waals surface area contributed by atoms with Crippen LogP contribution in [0.5, 0.6) is 0 Å². The van der Waals surface area contributed by atoms with Gasteiger partial charge in [0.25, 0.3) is 0 Å². The maximum absolute atomic E-state index is 13.1. The van der Waals surface area contributed by atoms with Crippen LogP contribution in [0.15, 0.2) is 16.7 Å². The molecule has 0 saturated carbocycles. The second-order valence-electron chi connectivity index (χ2n) is 5.40. The van der Waals surface area contributed by atoms with Gasteiger partial charge in [0.1, 0.15) is 5.82 Å². The van der Waals surface area contributed by atoms with Crippen molar-refractivity contribution in [3.05, 3.63) is 22.3 Å². The zero-order chi connectivity index (χ0) is 15.6. The predicted molar refractivity (Wildman–Crippen MR) is 77.7 cm³/mol. The molecule has 0 aliphatic heterocycles. The third-order valence-electron chi connectivity index (χ3n) is 2.99. The molecule has 0 spiro atoms. The fraction of sp³-hybridized carbons (Fsp3) is 0.615. The van der Waals surface area contributed by atoms with Gasteiger partial charge in [-0.3, -0.25) is 0 Å². The quantitative estimate of drug-likeness (QED) is 0.877. The number of anilines is 1. The molecule has 0 fully saturated rings. The van der Waals surface area contributed by atoms with E-state index < -0.39 is 11.7 Å². The number of nitrogens with two attached hydrogens (primary N) is 1. The maximum atomic E-state index is 13.1. The highest BCUT2D eigenvalue weighted by Crippen LogP contribution is 2.37. The smallest absolute Gasteiger partial charge is 0.356 e. The molecule has 7 heteroatoms. The molecule has 2 N–H and O–H groups in total. The lowest BCUT2D eigenvalue weighted by atomic mass is 9.93. The van der Waals surface area contributed by atoms with Crippen molar-refractivity contribution in [2.24, 2.45) is 11.1 Å². The molecule has 1 aromatic rings. The number of alkyl halides is 3. The Balaban J connectivity index is 3.22. The van der Waals surface area contributed by atoms with Gasteiger partial charge in [0, 0.05) is 23.8 Å². The van der Waals surface area contributed by atoms with Crippen LogP contribution in [0.25, 0.3) is 0 Å². The lowest BCUT2D eigenvalue weighted by molar-refractivity contribution is -0.137. The second-order valence-corrected chi connectivity index (χ2v) is 6.32. The molecule has 0 amide bonds. The number of nitrogens with zero attached hydrogens (tertiary/aromatic N) is 2. The molecule has 0 unspecified atom stereocenters. The molecule has 1 rings (SSSR count). The molecule has 0 aliphatic rings. The number of pyridine rings is 1. The third kappa shape index (κ3) is 4.34. The van der Waals surface area contributed by atoms with Crippen molar-refractivity contribution >= 4 is 21.7 Å². The standard InChI is InChI=1S/C13H19BrF3N3/c1-4-20(8-12(2,3)7-18)11-10(13(15,16)17)5-9(14)6-19-11/h5-6H,4,7-8,18H2,1-3H3. The highest BCUT2D eigenvalue weighted by molar-refractivity contribution is 9.10. The minimum atomic E-state index is -4.44. The van der Waals surface area contributed by atoms with Crippen LogP contribution < -0.4 is 10.6 Å². The van der Waals surface area contributed by atoms with E-state index in [1.54, 1.807) is 11.8 Å². The number of rotatable bonds is 5. The van der Waals surface area contributed by atoms with Crippen LogP contribution in [0.4, 0.5) is 19.0 Å². The summed E-state index contributed by atoms with van der Waals surface area (Å²) >= 11 is 3.03. The van der Waals surface area contributed by atoms with Gasteiger partial charge < -0.3 is 10.6 Å². The molecule has 0 aromatic carbocycles. The van der Waals surface area contributed by atoms with Gasteiger partial charge in [-0.25, -0.2) is 4.98 Å². The van der Waals surface area contributed by atoms with E-state index >= 15 is 0 Å². The van der Waals surface area contributed by atoms with Crippen LogP contribution in [0, 0.1) is 5.41 Å². The molecule has 0 bridgehead atoms. The van der Waals surface area contributed by atoms with Gasteiger partial charge in [-0.15, -0.1) is 0 Å². The topological polar surface area (TPSA) is 42.1 Å². The summed E-state index contributed by atoms with van der Waals surface area (Å²) in [5.74, 6) is -0.0512. The minimum absolute atomic E-state index is 0.0512. The van der Waals surface area contributed by atoms with Crippen molar-refractivity contribution in [1.82, 2.24) is 4.98 Å². The first-order valence-electron chi connectivity index (χ1n) is 6.28. The molecule has 3 nitrogen and oxygen atoms in total. The van der Waals surface area contributed by atoms with Crippen LogP contribution in [0.3, 0.4) is 0 Å². The molecular weight excluding hydrogens is 335 g/mol. The normalized spacial score (nSPS) is 12.6. The van der Waals surface area contributed by atoms with Crippen LogP contribution >= 0.6 is 15.9 Å². The second kappa shape index (κ2) is 6.30. The Bertz CT molecular complexity index is 461. The van der Waals surface area contributed by atoms with Crippen molar-refractivity contribution in [3.8, 4) is 0 Å². The van der Waals surface area contributed by atoms with E-state index in [9.17, 15) is 13.2 Å². The van der Waals surface area contributed by atoms with Crippen LogP contribution in [0.1, 0.15) is 26.3 Å². The van der Waals surface area contributed by atoms with E-state index in [0.717, 1.165) is 6.07 Å². The highest BCUT2D eigenvalue weighted by atomic mass is 79.9. The third-order valence-corrected chi connectivity index (χ3v) is 3.43. The maximum Gasteiger partial charge on any atom is 0.419 e. The lowest BCUT2D eigenvalue weighted by Gasteiger charge is -2.33. The molecule has 0 saturated heterocycles. The molecule has 20 heavy (non-hydrogen) atoms. The molecule has 1 heterocycles. The fourth-order valence-corrected chi connectivity index (χ4v) is 2.14. The average Bonchev–Trinajstić information content (AvgIpc) is 2.35. The van der Waals surface area contributed by atoms with E-state index in [4.69, 9.17) is 5.73 Å². The summed E-state index contributed by atoms with van der Waals surface area (Å²) in [4.78, 5) is 5.57. The molecular formula is C13H19BrF3N3. The SMILES string of the molecule is CCN(CC(C)(C)CN)c1ncc(Br)cc1C(F)(F)F. The van der Waals surface area contributed by atoms with Crippen molar-refractivity contribution in [2.45, 2.75) is 26.9 Å². The Morgan fingerprint density at radius 2 is 1.95 bits per heavy atom. The zero-order valence-corrected chi connectivity index (χ0v) is 13.3. The summed E-state index contributed by atoms with van der Waals surface area (Å²) < 4.78 is 39.7. The fourth-order valence-electron chi connectivity index (χ4n) is 1.81. The van der Waals surface area contributed by atoms with Crippen LogP contribution in [-0.4, -0.2) is 24.6 Å². The number of halogens is 4. The first-order valence-corrected chi connectivity index (χ1v) is 7.08. The Kier molecular flexibility index (Phi) is 5.43. The minimum Gasteiger partial charge on any atom is -0.356 e. The first kappa shape index (κ1) is 17.2. The predicted octanol–water partition coefficient (Wildman–Crippen LogP) is 3.67. The Morgan fingerprint density at radius 3 is 2.40 bits per heavy atom. The van der Waals surface area contributed by atoms with Crippen molar-refractivity contribution in [1.29, 1.82) is 0 Å². The Morgan fingerprint density at radius 1 is 1.35 bits per heavy atom. The van der Waals surface area contributed by atoms with E-state index in [0.29, 0.717) is 24.1 Å². The largest absolute Gasteiger partial charge is 0.419 e. The summed E-state index contributed by atoms with van der Waals surface area (Å²) in [6.45, 7) is 6.88. The number of hydrogen-bond donors (Lipinski definition) is 1. The van der Waals surface area contributed by atoms with Crippen LogP contribution in [-0.2, 0) is 6.18 Å². The Hall–Kier alpha value is -0.820. The van der Waals surface area contributed by atoms with Gasteiger partial charge in [0.05, 0.1) is 5.56 Å². The van der Waals surface area contributed by atoms with Gasteiger partial charge >= 0.3 is 6.18 Å². The average molecular weight is 354 g/mol. The summed E-state index contributed by atoms with van der Waals surface area (Å²) in [5.41, 5.74) is 4.64. The zero-order valence-electron chi connectivity index (χ0n) is 11.8. The number of hydrogen-bond acceptors (Lipinski definition) is 3. The first-order chi connectivity index (χ1) is 9.10. The van der Waals surface area contributed by atoms with E-state index in [2.05, 4.69) is 20.9 Å². The van der Waals surface area contributed by atoms with Gasteiger partial charge in [0.2, 0.25) is 0 Å². The molecule has 0 radical (unpaired) electrons. The highest BCUT2D eigenvalue weighted by Gasteiger charge is 2.36. The van der Waals surface area contributed by atoms with E-state index in [1.165, 1.54) is 6.20 Å². The molecule has 1 aromatic heterocycles. The summed E-state index contributed by atoms with van der Waals surface area (Å²) in [7, 11) is 0. The summed E-state index contributed by atoms with van der Waals surface area (Å²) in [5, 5.41) is 0. The van der Waals surface area contributed by atoms with Crippen molar-refractivity contribution in [3.63, 3.8) is 0 Å². The lowest BCUT2D eigenvalue weighted by Crippen LogP contribution is -2.40. The van der Waals surface area contributed by atoms with Gasteiger partial charge in [-0.05, 0) is 40.9 Å². The summed E-state index contributed by atoms with van der Waals surface area (Å²) in [6, 6.07) is 1.06. The monoisotopic (exact) mass is 353 g/mol. The van der Waals surface area contributed by atoms with Crippen molar-refractivity contribution in [2.75, 3.05) is 24.5 Å². The van der Waals surface area contributed by atoms with Crippen LogP contribution in [0.2, 0.25) is 0 Å². The van der Waals surface area contributed by atoms with Gasteiger partial charge in [-0.2, -0.15) is 13.2 Å².